The molecule has 1 aliphatic heterocycles. The quantitative estimate of drug-likeness (QED) is 0.401. The van der Waals surface area contributed by atoms with Gasteiger partial charge in [-0.05, 0) is 49.1 Å². The van der Waals surface area contributed by atoms with Crippen LogP contribution in [0.15, 0.2) is 52.1 Å². The maximum Gasteiger partial charge on any atom is 0.251 e. The molecule has 0 saturated carbocycles. The van der Waals surface area contributed by atoms with Crippen molar-refractivity contribution in [2.24, 2.45) is 10.7 Å². The Morgan fingerprint density at radius 1 is 1.19 bits per heavy atom. The number of nitrogens with two attached hydrogens (primary N) is 1. The van der Waals surface area contributed by atoms with E-state index in [0.717, 1.165) is 24.4 Å². The number of hydrogen-bond acceptors (Lipinski definition) is 3. The molecule has 3 N–H and O–H groups in total. The fourth-order valence-corrected chi connectivity index (χ4v) is 2.89. The van der Waals surface area contributed by atoms with Crippen molar-refractivity contribution < 1.29 is 9.21 Å². The van der Waals surface area contributed by atoms with Crippen LogP contribution < -0.4 is 11.1 Å². The highest BCUT2D eigenvalue weighted by Gasteiger charge is 2.12. The van der Waals surface area contributed by atoms with Gasteiger partial charge in [0.15, 0.2) is 5.96 Å². The van der Waals surface area contributed by atoms with E-state index in [0.29, 0.717) is 24.6 Å². The topological polar surface area (TPSA) is 83.9 Å². The molecule has 0 unspecified atom stereocenters. The average Bonchev–Trinajstić information content (AvgIpc) is 3.19. The second-order valence-corrected chi connectivity index (χ2v) is 6.18. The number of amides is 1. The summed E-state index contributed by atoms with van der Waals surface area (Å²) in [6.45, 7) is 2.80. The number of benzene rings is 1. The maximum atomic E-state index is 12.3. The van der Waals surface area contributed by atoms with Gasteiger partial charge in [-0.15, -0.1) is 24.0 Å². The number of aliphatic imine (C=N–C) groups is 1. The summed E-state index contributed by atoms with van der Waals surface area (Å²) in [5.41, 5.74) is 7.65. The molecule has 1 saturated heterocycles. The lowest BCUT2D eigenvalue weighted by Gasteiger charge is -2.27. The Morgan fingerprint density at radius 3 is 2.73 bits per heavy atom. The number of carbonyl (C=O) groups is 1. The molecule has 0 spiro atoms. The lowest BCUT2D eigenvalue weighted by molar-refractivity contribution is 0.0948. The molecule has 0 bridgehead atoms. The highest BCUT2D eigenvalue weighted by molar-refractivity contribution is 14.0. The Morgan fingerprint density at radius 2 is 2.00 bits per heavy atom. The maximum absolute atomic E-state index is 12.3. The third-order valence-electron chi connectivity index (χ3n) is 4.30. The number of nitrogens with zero attached hydrogens (tertiary/aromatic N) is 2. The van der Waals surface area contributed by atoms with Crippen molar-refractivity contribution >= 4 is 35.8 Å². The minimum absolute atomic E-state index is 0. The number of carbonyl (C=O) groups excluding carboxylic acids is 1. The van der Waals surface area contributed by atoms with Crippen molar-refractivity contribution in [2.75, 3.05) is 13.1 Å². The molecule has 1 aromatic carbocycles. The molecule has 1 amide bonds. The zero-order chi connectivity index (χ0) is 17.5. The Bertz CT molecular complexity index is 725. The summed E-state index contributed by atoms with van der Waals surface area (Å²) in [6.07, 6.45) is 5.19. The van der Waals surface area contributed by atoms with Gasteiger partial charge < -0.3 is 20.4 Å². The molecule has 3 rings (SSSR count). The molecule has 2 aromatic rings. The fourth-order valence-electron chi connectivity index (χ4n) is 2.89. The second-order valence-electron chi connectivity index (χ2n) is 6.18. The molecule has 0 aliphatic carbocycles. The third-order valence-corrected chi connectivity index (χ3v) is 4.30. The van der Waals surface area contributed by atoms with E-state index in [1.54, 1.807) is 18.4 Å². The summed E-state index contributed by atoms with van der Waals surface area (Å²) < 4.78 is 5.22. The second kappa shape index (κ2) is 10.2. The van der Waals surface area contributed by atoms with Crippen LogP contribution in [0.5, 0.6) is 0 Å². The van der Waals surface area contributed by atoms with Gasteiger partial charge in [-0.3, -0.25) is 4.79 Å². The van der Waals surface area contributed by atoms with E-state index >= 15 is 0 Å². The number of furan rings is 1. The highest BCUT2D eigenvalue weighted by Crippen LogP contribution is 2.10. The zero-order valence-corrected chi connectivity index (χ0v) is 17.0. The van der Waals surface area contributed by atoms with E-state index in [-0.39, 0.29) is 29.9 Å². The van der Waals surface area contributed by atoms with Crippen LogP contribution in [0.4, 0.5) is 0 Å². The molecule has 1 aromatic heterocycles. The van der Waals surface area contributed by atoms with Gasteiger partial charge in [0.25, 0.3) is 5.91 Å². The number of nitrogens with one attached hydrogen (secondary N) is 1. The van der Waals surface area contributed by atoms with Gasteiger partial charge in [-0.25, -0.2) is 4.99 Å². The van der Waals surface area contributed by atoms with Gasteiger partial charge in [0.1, 0.15) is 5.76 Å². The number of halogens is 1. The number of likely N-dealkylation sites (tertiary alicyclic amines) is 1. The van der Waals surface area contributed by atoms with Crippen LogP contribution in [-0.4, -0.2) is 29.9 Å². The van der Waals surface area contributed by atoms with Crippen molar-refractivity contribution in [1.82, 2.24) is 10.2 Å². The van der Waals surface area contributed by atoms with Crippen molar-refractivity contribution in [3.63, 3.8) is 0 Å². The smallest absolute Gasteiger partial charge is 0.251 e. The SMILES string of the molecule is I.NC(=NCc1cccc(C(=O)NCc2ccco2)c1)N1CCCCC1. The lowest BCUT2D eigenvalue weighted by atomic mass is 10.1. The van der Waals surface area contributed by atoms with Crippen LogP contribution in [0, 0.1) is 0 Å². The molecule has 0 radical (unpaired) electrons. The Balaban J connectivity index is 0.00000243. The van der Waals surface area contributed by atoms with Gasteiger partial charge in [-0.2, -0.15) is 0 Å². The average molecular weight is 468 g/mol. The Labute approximate surface area is 170 Å². The van der Waals surface area contributed by atoms with E-state index in [9.17, 15) is 4.79 Å². The molecule has 26 heavy (non-hydrogen) atoms. The number of piperidine rings is 1. The first-order chi connectivity index (χ1) is 12.2. The van der Waals surface area contributed by atoms with E-state index < -0.39 is 0 Å². The van der Waals surface area contributed by atoms with Crippen LogP contribution in [0.3, 0.4) is 0 Å². The van der Waals surface area contributed by atoms with Crippen LogP contribution in [0.25, 0.3) is 0 Å². The summed E-state index contributed by atoms with van der Waals surface area (Å²) in [6, 6.07) is 11.1. The molecule has 140 valence electrons. The van der Waals surface area contributed by atoms with Gasteiger partial charge in [0, 0.05) is 18.7 Å². The summed E-state index contributed by atoms with van der Waals surface area (Å²) >= 11 is 0. The van der Waals surface area contributed by atoms with Gasteiger partial charge in [-0.1, -0.05) is 12.1 Å². The first kappa shape index (κ1) is 20.3. The Hall–Kier alpha value is -2.03. The molecular formula is C19H25IN4O2. The normalized spacial score (nSPS) is 14.6. The molecule has 0 atom stereocenters. The van der Waals surface area contributed by atoms with Crippen LogP contribution >= 0.6 is 24.0 Å². The third kappa shape index (κ3) is 5.76. The zero-order valence-electron chi connectivity index (χ0n) is 14.7. The fraction of sp³-hybridized carbons (Fsp3) is 0.368. The number of guanidine groups is 1. The molecule has 2 heterocycles. The molecule has 6 nitrogen and oxygen atoms in total. The van der Waals surface area contributed by atoms with E-state index in [1.165, 1.54) is 19.3 Å². The van der Waals surface area contributed by atoms with Crippen molar-refractivity contribution in [2.45, 2.75) is 32.4 Å². The molecular weight excluding hydrogens is 443 g/mol. The van der Waals surface area contributed by atoms with Crippen LogP contribution in [-0.2, 0) is 13.1 Å². The van der Waals surface area contributed by atoms with Crippen molar-refractivity contribution in [3.8, 4) is 0 Å². The van der Waals surface area contributed by atoms with Gasteiger partial charge >= 0.3 is 0 Å². The first-order valence-corrected chi connectivity index (χ1v) is 8.67. The summed E-state index contributed by atoms with van der Waals surface area (Å²) in [5.74, 6) is 1.18. The summed E-state index contributed by atoms with van der Waals surface area (Å²) in [4.78, 5) is 18.9. The minimum Gasteiger partial charge on any atom is -0.467 e. The lowest BCUT2D eigenvalue weighted by Crippen LogP contribution is -2.40. The summed E-state index contributed by atoms with van der Waals surface area (Å²) in [7, 11) is 0. The predicted octanol–water partition coefficient (Wildman–Crippen LogP) is 3.13. The molecule has 1 fully saturated rings. The van der Waals surface area contributed by atoms with Crippen LogP contribution in [0.1, 0.15) is 40.9 Å². The van der Waals surface area contributed by atoms with Crippen LogP contribution in [0.2, 0.25) is 0 Å². The van der Waals surface area contributed by atoms with E-state index in [1.807, 2.05) is 24.3 Å². The van der Waals surface area contributed by atoms with Crippen molar-refractivity contribution in [3.05, 3.63) is 59.5 Å². The monoisotopic (exact) mass is 468 g/mol. The molecule has 7 heteroatoms. The van der Waals surface area contributed by atoms with Gasteiger partial charge in [0.2, 0.25) is 0 Å². The summed E-state index contributed by atoms with van der Waals surface area (Å²) in [5, 5.41) is 2.84. The predicted molar refractivity (Wildman–Crippen MR) is 112 cm³/mol. The molecule has 1 aliphatic rings. The van der Waals surface area contributed by atoms with Crippen molar-refractivity contribution in [1.29, 1.82) is 0 Å². The van der Waals surface area contributed by atoms with E-state index in [4.69, 9.17) is 10.2 Å². The standard InChI is InChI=1S/C19H24N4O2.HI/c20-19(23-9-2-1-3-10-23)22-13-15-6-4-7-16(12-15)18(24)21-14-17-8-5-11-25-17;/h4-8,11-12H,1-3,9-10,13-14H2,(H2,20,22)(H,21,24);1H. The van der Waals surface area contributed by atoms with Gasteiger partial charge in [0.05, 0.1) is 19.4 Å². The number of hydrogen-bond donors (Lipinski definition) is 2. The largest absolute Gasteiger partial charge is 0.467 e. The number of rotatable bonds is 5. The van der Waals surface area contributed by atoms with E-state index in [2.05, 4.69) is 15.2 Å². The highest BCUT2D eigenvalue weighted by atomic mass is 127. The minimum atomic E-state index is -0.133. The first-order valence-electron chi connectivity index (χ1n) is 8.67. The Kier molecular flexibility index (Phi) is 7.96.